The number of hydrogen-bond acceptors (Lipinski definition) is 6. The van der Waals surface area contributed by atoms with Crippen LogP contribution < -0.4 is 5.32 Å². The fourth-order valence-corrected chi connectivity index (χ4v) is 4.03. The van der Waals surface area contributed by atoms with Gasteiger partial charge in [-0.3, -0.25) is 4.79 Å². The first kappa shape index (κ1) is 20.4. The van der Waals surface area contributed by atoms with Crippen molar-refractivity contribution in [1.82, 2.24) is 15.0 Å². The van der Waals surface area contributed by atoms with E-state index < -0.39 is 5.82 Å². The largest absolute Gasteiger partial charge is 0.324 e. The minimum Gasteiger partial charge on any atom is -0.324 e. The maximum atomic E-state index is 15.2. The number of halogens is 1. The van der Waals surface area contributed by atoms with Gasteiger partial charge in [0.2, 0.25) is 5.91 Å². The molecule has 3 rings (SSSR count). The minimum atomic E-state index is -0.510. The van der Waals surface area contributed by atoms with Crippen LogP contribution in [0, 0.1) is 5.82 Å². The van der Waals surface area contributed by atoms with Crippen molar-refractivity contribution in [3.05, 3.63) is 41.3 Å². The Morgan fingerprint density at radius 1 is 1.21 bits per heavy atom. The second kappa shape index (κ2) is 7.97. The third kappa shape index (κ3) is 4.23. The molecular formula is C20H21FN4OS2. The highest BCUT2D eigenvalue weighted by Gasteiger charge is 2.26. The Labute approximate surface area is 171 Å². The first-order valence-corrected chi connectivity index (χ1v) is 10.7. The molecule has 0 aliphatic carbocycles. The average Bonchev–Trinajstić information content (AvgIpc) is 3.09. The molecule has 1 amide bonds. The molecular weight excluding hydrogens is 395 g/mol. The Morgan fingerprint density at radius 3 is 2.61 bits per heavy atom. The molecule has 0 spiro atoms. The Kier molecular flexibility index (Phi) is 5.81. The summed E-state index contributed by atoms with van der Waals surface area (Å²) in [7, 11) is 0. The summed E-state index contributed by atoms with van der Waals surface area (Å²) in [6, 6.07) is 6.71. The number of carbonyl (C=O) groups excluding carboxylic acids is 1. The number of nitrogens with zero attached hydrogens (tertiary/aromatic N) is 3. The molecule has 2 heterocycles. The molecule has 1 aromatic carbocycles. The van der Waals surface area contributed by atoms with Gasteiger partial charge >= 0.3 is 0 Å². The highest BCUT2D eigenvalue weighted by molar-refractivity contribution is 7.98. The van der Waals surface area contributed by atoms with Gasteiger partial charge in [0, 0.05) is 24.1 Å². The van der Waals surface area contributed by atoms with E-state index in [0.29, 0.717) is 22.1 Å². The normalized spacial score (nSPS) is 11.5. The molecule has 2 aromatic heterocycles. The van der Waals surface area contributed by atoms with Crippen LogP contribution >= 0.6 is 23.1 Å². The lowest BCUT2D eigenvalue weighted by atomic mass is 9.98. The van der Waals surface area contributed by atoms with Crippen LogP contribution in [0.25, 0.3) is 21.8 Å². The zero-order valence-corrected chi connectivity index (χ0v) is 18.0. The molecule has 0 saturated heterocycles. The van der Waals surface area contributed by atoms with E-state index in [2.05, 4.69) is 36.1 Å². The summed E-state index contributed by atoms with van der Waals surface area (Å²) in [5.41, 5.74) is 1.49. The molecule has 1 N–H and O–H groups in total. The van der Waals surface area contributed by atoms with Crippen molar-refractivity contribution in [3.63, 3.8) is 0 Å². The van der Waals surface area contributed by atoms with Gasteiger partial charge in [-0.05, 0) is 24.5 Å². The van der Waals surface area contributed by atoms with Gasteiger partial charge in [0.1, 0.15) is 0 Å². The number of aromatic nitrogens is 3. The molecule has 0 aliphatic heterocycles. The molecule has 8 heteroatoms. The number of hydrogen-bond donors (Lipinski definition) is 1. The number of benzene rings is 1. The van der Waals surface area contributed by atoms with E-state index in [-0.39, 0.29) is 17.0 Å². The summed E-state index contributed by atoms with van der Waals surface area (Å²) in [6.07, 6.45) is 3.60. The maximum Gasteiger partial charge on any atom is 0.221 e. The lowest BCUT2D eigenvalue weighted by molar-refractivity contribution is -0.114. The first-order valence-electron chi connectivity index (χ1n) is 8.66. The zero-order valence-electron chi connectivity index (χ0n) is 16.3. The standard InChI is InChI=1S/C20H21FN4OS2/c1-11(26)23-13-8-6-7-12(15(13)21)16-17(28-18(25-16)20(2,3)4)14-9-10-22-19(24-14)27-5/h6-10H,1-5H3,(H,23,26). The molecule has 0 fully saturated rings. The predicted octanol–water partition coefficient (Wildman–Crippen LogP) is 5.38. The van der Waals surface area contributed by atoms with Gasteiger partial charge in [-0.1, -0.05) is 38.6 Å². The van der Waals surface area contributed by atoms with E-state index >= 15 is 4.39 Å². The first-order chi connectivity index (χ1) is 13.2. The van der Waals surface area contributed by atoms with Gasteiger partial charge in [-0.2, -0.15) is 0 Å². The SMILES string of the molecule is CSc1nccc(-c2sc(C(C)(C)C)nc2-c2cccc(NC(C)=O)c2F)n1. The molecule has 0 radical (unpaired) electrons. The van der Waals surface area contributed by atoms with E-state index in [0.717, 1.165) is 9.88 Å². The van der Waals surface area contributed by atoms with Crippen LogP contribution in [-0.4, -0.2) is 27.1 Å². The van der Waals surface area contributed by atoms with E-state index in [1.807, 2.05) is 6.26 Å². The summed E-state index contributed by atoms with van der Waals surface area (Å²) >= 11 is 2.94. The highest BCUT2D eigenvalue weighted by atomic mass is 32.2. The van der Waals surface area contributed by atoms with Crippen LogP contribution in [0.3, 0.4) is 0 Å². The quantitative estimate of drug-likeness (QED) is 0.457. The van der Waals surface area contributed by atoms with Gasteiger partial charge in [-0.25, -0.2) is 19.3 Å². The number of anilines is 1. The van der Waals surface area contributed by atoms with Crippen molar-refractivity contribution in [2.45, 2.75) is 38.3 Å². The fraction of sp³-hybridized carbons (Fsp3) is 0.300. The van der Waals surface area contributed by atoms with Gasteiger partial charge < -0.3 is 5.32 Å². The van der Waals surface area contributed by atoms with Gasteiger partial charge in [0.25, 0.3) is 0 Å². The number of amides is 1. The Bertz CT molecular complexity index is 1030. The highest BCUT2D eigenvalue weighted by Crippen LogP contribution is 2.41. The van der Waals surface area contributed by atoms with Crippen molar-refractivity contribution < 1.29 is 9.18 Å². The van der Waals surface area contributed by atoms with Crippen molar-refractivity contribution in [1.29, 1.82) is 0 Å². The third-order valence-electron chi connectivity index (χ3n) is 3.88. The van der Waals surface area contributed by atoms with E-state index in [1.165, 1.54) is 36.1 Å². The van der Waals surface area contributed by atoms with Crippen LogP contribution in [0.2, 0.25) is 0 Å². The molecule has 28 heavy (non-hydrogen) atoms. The van der Waals surface area contributed by atoms with Crippen molar-refractivity contribution in [2.75, 3.05) is 11.6 Å². The van der Waals surface area contributed by atoms with Crippen LogP contribution in [0.1, 0.15) is 32.7 Å². The van der Waals surface area contributed by atoms with E-state index in [4.69, 9.17) is 4.98 Å². The Hall–Kier alpha value is -2.32. The van der Waals surface area contributed by atoms with Crippen molar-refractivity contribution in [3.8, 4) is 21.8 Å². The number of carbonyl (C=O) groups is 1. The molecule has 0 aliphatic rings. The summed E-state index contributed by atoms with van der Waals surface area (Å²) in [6.45, 7) is 7.55. The van der Waals surface area contributed by atoms with Crippen LogP contribution in [0.15, 0.2) is 35.6 Å². The van der Waals surface area contributed by atoms with Crippen LogP contribution in [-0.2, 0) is 10.2 Å². The summed E-state index contributed by atoms with van der Waals surface area (Å²) in [4.78, 5) is 25.7. The molecule has 146 valence electrons. The molecule has 0 atom stereocenters. The molecule has 0 bridgehead atoms. The minimum absolute atomic E-state index is 0.133. The van der Waals surface area contributed by atoms with E-state index in [9.17, 15) is 4.79 Å². The van der Waals surface area contributed by atoms with Gasteiger partial charge in [0.05, 0.1) is 27.0 Å². The van der Waals surface area contributed by atoms with Gasteiger partial charge in [0.15, 0.2) is 11.0 Å². The number of rotatable bonds is 4. The van der Waals surface area contributed by atoms with Crippen LogP contribution in [0.4, 0.5) is 10.1 Å². The predicted molar refractivity (Wildman–Crippen MR) is 113 cm³/mol. The summed E-state index contributed by atoms with van der Waals surface area (Å²) < 4.78 is 15.2. The maximum absolute atomic E-state index is 15.2. The molecule has 0 unspecified atom stereocenters. The second-order valence-corrected chi connectivity index (χ2v) is 9.00. The molecule has 3 aromatic rings. The number of thiazole rings is 1. The molecule has 5 nitrogen and oxygen atoms in total. The van der Waals surface area contributed by atoms with Crippen LogP contribution in [0.5, 0.6) is 0 Å². The number of thioether (sulfide) groups is 1. The lowest BCUT2D eigenvalue weighted by Crippen LogP contribution is -2.10. The van der Waals surface area contributed by atoms with E-state index in [1.54, 1.807) is 24.4 Å². The molecule has 0 saturated carbocycles. The smallest absolute Gasteiger partial charge is 0.221 e. The monoisotopic (exact) mass is 416 g/mol. The number of nitrogens with one attached hydrogen (secondary N) is 1. The van der Waals surface area contributed by atoms with Crippen molar-refractivity contribution in [2.24, 2.45) is 0 Å². The topological polar surface area (TPSA) is 67.8 Å². The lowest BCUT2D eigenvalue weighted by Gasteiger charge is -2.13. The van der Waals surface area contributed by atoms with Gasteiger partial charge in [-0.15, -0.1) is 11.3 Å². The summed E-state index contributed by atoms with van der Waals surface area (Å²) in [5, 5.41) is 4.05. The third-order valence-corrected chi connectivity index (χ3v) is 5.95. The average molecular weight is 417 g/mol. The second-order valence-electron chi connectivity index (χ2n) is 7.22. The van der Waals surface area contributed by atoms with Crippen molar-refractivity contribution >= 4 is 34.7 Å². The summed E-state index contributed by atoms with van der Waals surface area (Å²) in [5.74, 6) is -0.839. The Balaban J connectivity index is 2.23. The fourth-order valence-electron chi connectivity index (χ4n) is 2.56. The zero-order chi connectivity index (χ0) is 20.5. The Morgan fingerprint density at radius 2 is 1.96 bits per heavy atom.